The van der Waals surface area contributed by atoms with E-state index < -0.39 is 23.6 Å². The Labute approximate surface area is 109 Å². The van der Waals surface area contributed by atoms with Gasteiger partial charge in [-0.3, -0.25) is 0 Å². The first-order chi connectivity index (χ1) is 8.89. The summed E-state index contributed by atoms with van der Waals surface area (Å²) < 4.78 is 51.1. The highest BCUT2D eigenvalue weighted by Gasteiger charge is 2.34. The predicted octanol–water partition coefficient (Wildman–Crippen LogP) is 4.34. The van der Waals surface area contributed by atoms with Crippen molar-refractivity contribution in [1.29, 1.82) is 0 Å². The van der Waals surface area contributed by atoms with Crippen LogP contribution in [0.1, 0.15) is 42.9 Å². The summed E-state index contributed by atoms with van der Waals surface area (Å²) in [5, 5.41) is 0. The average molecular weight is 273 g/mol. The van der Waals surface area contributed by atoms with E-state index in [-0.39, 0.29) is 0 Å². The van der Waals surface area contributed by atoms with Crippen LogP contribution in [-0.4, -0.2) is 0 Å². The molecule has 0 bridgehead atoms. The van der Waals surface area contributed by atoms with E-state index in [2.05, 4.69) is 0 Å². The van der Waals surface area contributed by atoms with Gasteiger partial charge in [-0.15, -0.1) is 0 Å². The van der Waals surface area contributed by atoms with Crippen LogP contribution in [0.3, 0.4) is 0 Å². The molecule has 19 heavy (non-hydrogen) atoms. The number of benzene rings is 1. The molecule has 1 unspecified atom stereocenters. The van der Waals surface area contributed by atoms with Crippen LogP contribution in [-0.2, 0) is 6.18 Å². The Hall–Kier alpha value is -1.36. The highest BCUT2D eigenvalue weighted by atomic mass is 19.4. The number of allylic oxidation sites excluding steroid dienone is 1. The van der Waals surface area contributed by atoms with Gasteiger partial charge in [-0.1, -0.05) is 17.7 Å². The van der Waals surface area contributed by atoms with Crippen LogP contribution in [0.5, 0.6) is 0 Å². The minimum Gasteiger partial charge on any atom is -0.321 e. The van der Waals surface area contributed by atoms with E-state index in [0.29, 0.717) is 5.56 Å². The molecule has 2 rings (SSSR count). The summed E-state index contributed by atoms with van der Waals surface area (Å²) in [6.45, 7) is 0. The summed E-state index contributed by atoms with van der Waals surface area (Å²) in [6.07, 6.45) is 1.04. The van der Waals surface area contributed by atoms with E-state index >= 15 is 0 Å². The normalized spacial score (nSPS) is 18.1. The smallest absolute Gasteiger partial charge is 0.321 e. The molecule has 5 heteroatoms. The molecule has 1 aliphatic carbocycles. The molecule has 0 saturated carbocycles. The van der Waals surface area contributed by atoms with E-state index in [1.807, 2.05) is 6.08 Å². The van der Waals surface area contributed by atoms with Crippen LogP contribution < -0.4 is 5.73 Å². The van der Waals surface area contributed by atoms with Gasteiger partial charge in [-0.2, -0.15) is 13.2 Å². The van der Waals surface area contributed by atoms with Gasteiger partial charge >= 0.3 is 6.18 Å². The lowest BCUT2D eigenvalue weighted by Crippen LogP contribution is -2.17. The number of alkyl halides is 3. The van der Waals surface area contributed by atoms with Gasteiger partial charge in [-0.05, 0) is 43.4 Å². The van der Waals surface area contributed by atoms with Crippen LogP contribution in [0.4, 0.5) is 17.6 Å². The van der Waals surface area contributed by atoms with Crippen molar-refractivity contribution >= 4 is 0 Å². The standard InChI is InChI=1S/C14H15F4N/c15-12-7-6-10(8-11(12)14(16,17)18)13(19)9-4-2-1-3-5-9/h4,6-8,13H,1-3,5,19H2. The molecule has 104 valence electrons. The Morgan fingerprint density at radius 3 is 2.47 bits per heavy atom. The number of hydrogen-bond donors (Lipinski definition) is 1. The first-order valence-electron chi connectivity index (χ1n) is 6.21. The second-order valence-electron chi connectivity index (χ2n) is 4.74. The molecule has 1 aliphatic rings. The molecule has 0 saturated heterocycles. The minimum atomic E-state index is -4.69. The zero-order chi connectivity index (χ0) is 14.0. The van der Waals surface area contributed by atoms with E-state index in [0.717, 1.165) is 43.4 Å². The fourth-order valence-corrected chi connectivity index (χ4v) is 2.31. The molecule has 1 aromatic rings. The van der Waals surface area contributed by atoms with Crippen LogP contribution in [0.15, 0.2) is 29.8 Å². The molecule has 0 aromatic heterocycles. The van der Waals surface area contributed by atoms with Crippen molar-refractivity contribution in [3.05, 3.63) is 46.8 Å². The van der Waals surface area contributed by atoms with Crippen molar-refractivity contribution in [3.8, 4) is 0 Å². The molecule has 0 amide bonds. The molecule has 0 aliphatic heterocycles. The second kappa shape index (κ2) is 5.33. The van der Waals surface area contributed by atoms with Crippen molar-refractivity contribution < 1.29 is 17.6 Å². The van der Waals surface area contributed by atoms with Gasteiger partial charge in [-0.25, -0.2) is 4.39 Å². The third kappa shape index (κ3) is 3.15. The maximum Gasteiger partial charge on any atom is 0.419 e. The highest BCUT2D eigenvalue weighted by molar-refractivity contribution is 5.34. The molecule has 1 nitrogen and oxygen atoms in total. The van der Waals surface area contributed by atoms with Gasteiger partial charge in [0.05, 0.1) is 11.6 Å². The van der Waals surface area contributed by atoms with Crippen LogP contribution >= 0.6 is 0 Å². The number of rotatable bonds is 2. The van der Waals surface area contributed by atoms with Crippen molar-refractivity contribution in [1.82, 2.24) is 0 Å². The zero-order valence-electron chi connectivity index (χ0n) is 10.3. The second-order valence-corrected chi connectivity index (χ2v) is 4.74. The van der Waals surface area contributed by atoms with Crippen molar-refractivity contribution in [2.75, 3.05) is 0 Å². The Balaban J connectivity index is 2.33. The third-order valence-corrected chi connectivity index (χ3v) is 3.38. The number of halogens is 4. The van der Waals surface area contributed by atoms with E-state index in [1.165, 1.54) is 6.07 Å². The summed E-state index contributed by atoms with van der Waals surface area (Å²) in [7, 11) is 0. The van der Waals surface area contributed by atoms with Gasteiger partial charge in [0.15, 0.2) is 0 Å². The molecule has 2 N–H and O–H groups in total. The molecule has 0 spiro atoms. The fourth-order valence-electron chi connectivity index (χ4n) is 2.31. The summed E-state index contributed by atoms with van der Waals surface area (Å²) in [5.41, 5.74) is 5.96. The van der Waals surface area contributed by atoms with Gasteiger partial charge in [0.1, 0.15) is 5.82 Å². The molecular formula is C14H15F4N. The van der Waals surface area contributed by atoms with Gasteiger partial charge in [0.25, 0.3) is 0 Å². The van der Waals surface area contributed by atoms with Crippen LogP contribution in [0.2, 0.25) is 0 Å². The monoisotopic (exact) mass is 273 g/mol. The zero-order valence-corrected chi connectivity index (χ0v) is 10.3. The Bertz CT molecular complexity index is 491. The number of nitrogens with two attached hydrogens (primary N) is 1. The molecule has 0 radical (unpaired) electrons. The SMILES string of the molecule is NC(C1=CCCCC1)c1ccc(F)c(C(F)(F)F)c1. The lowest BCUT2D eigenvalue weighted by Gasteiger charge is -2.21. The lowest BCUT2D eigenvalue weighted by molar-refractivity contribution is -0.140. The van der Waals surface area contributed by atoms with Gasteiger partial charge < -0.3 is 5.73 Å². The predicted molar refractivity (Wildman–Crippen MR) is 64.9 cm³/mol. The Morgan fingerprint density at radius 1 is 1.16 bits per heavy atom. The molecule has 0 heterocycles. The summed E-state index contributed by atoms with van der Waals surface area (Å²) in [4.78, 5) is 0. The average Bonchev–Trinajstić information content (AvgIpc) is 2.38. The van der Waals surface area contributed by atoms with Crippen molar-refractivity contribution in [2.45, 2.75) is 37.9 Å². The minimum absolute atomic E-state index is 0.307. The largest absolute Gasteiger partial charge is 0.419 e. The Morgan fingerprint density at radius 2 is 1.89 bits per heavy atom. The molecule has 0 fully saturated rings. The first-order valence-corrected chi connectivity index (χ1v) is 6.21. The quantitative estimate of drug-likeness (QED) is 0.629. The first kappa shape index (κ1) is 14.1. The summed E-state index contributed by atoms with van der Waals surface area (Å²) >= 11 is 0. The lowest BCUT2D eigenvalue weighted by atomic mass is 9.90. The molecule has 1 atom stereocenters. The maximum atomic E-state index is 13.2. The molecular weight excluding hydrogens is 258 g/mol. The van der Waals surface area contributed by atoms with Gasteiger partial charge in [0.2, 0.25) is 0 Å². The van der Waals surface area contributed by atoms with Crippen LogP contribution in [0, 0.1) is 5.82 Å². The van der Waals surface area contributed by atoms with E-state index in [1.54, 1.807) is 0 Å². The third-order valence-electron chi connectivity index (χ3n) is 3.38. The van der Waals surface area contributed by atoms with Crippen LogP contribution in [0.25, 0.3) is 0 Å². The summed E-state index contributed by atoms with van der Waals surface area (Å²) in [6, 6.07) is 2.39. The fraction of sp³-hybridized carbons (Fsp3) is 0.429. The maximum absolute atomic E-state index is 13.2. The van der Waals surface area contributed by atoms with Gasteiger partial charge in [0, 0.05) is 0 Å². The van der Waals surface area contributed by atoms with Crippen molar-refractivity contribution in [3.63, 3.8) is 0 Å². The van der Waals surface area contributed by atoms with Crippen molar-refractivity contribution in [2.24, 2.45) is 5.73 Å². The van der Waals surface area contributed by atoms with E-state index in [9.17, 15) is 17.6 Å². The topological polar surface area (TPSA) is 26.0 Å². The van der Waals surface area contributed by atoms with E-state index in [4.69, 9.17) is 5.73 Å². The highest BCUT2D eigenvalue weighted by Crippen LogP contribution is 2.35. The Kier molecular flexibility index (Phi) is 3.94. The summed E-state index contributed by atoms with van der Waals surface area (Å²) in [5.74, 6) is -1.26. The number of hydrogen-bond acceptors (Lipinski definition) is 1. The molecule has 1 aromatic carbocycles.